The zero-order valence-electron chi connectivity index (χ0n) is 12.7. The number of halogens is 1. The number of benzene rings is 2. The van der Waals surface area contributed by atoms with Crippen molar-refractivity contribution in [2.75, 3.05) is 0 Å². The average Bonchev–Trinajstić information content (AvgIpc) is 3.19. The van der Waals surface area contributed by atoms with Crippen LogP contribution in [0, 0.1) is 0 Å². The second-order valence-electron chi connectivity index (χ2n) is 6.08. The van der Waals surface area contributed by atoms with E-state index in [0.717, 1.165) is 6.42 Å². The van der Waals surface area contributed by atoms with Crippen molar-refractivity contribution >= 4 is 20.7 Å². The molecular weight excluding hydrogens is 470 g/mol. The molecule has 0 saturated heterocycles. The van der Waals surface area contributed by atoms with Crippen molar-refractivity contribution in [3.8, 4) is 0 Å². The molecule has 4 rings (SSSR count). The molecular formula is C20H17ClHfO. The van der Waals surface area contributed by atoms with Gasteiger partial charge in [-0.15, -0.1) is 0 Å². The second-order valence-corrected chi connectivity index (χ2v) is 8.74. The molecule has 0 bridgehead atoms. The van der Waals surface area contributed by atoms with Crippen molar-refractivity contribution in [2.24, 2.45) is 0 Å². The monoisotopic (exact) mass is 488 g/mol. The first-order valence-corrected chi connectivity index (χ1v) is 13.8. The van der Waals surface area contributed by atoms with Gasteiger partial charge in [0.25, 0.3) is 0 Å². The van der Waals surface area contributed by atoms with Gasteiger partial charge in [-0.3, -0.25) is 0 Å². The van der Waals surface area contributed by atoms with Crippen molar-refractivity contribution in [3.63, 3.8) is 0 Å². The van der Waals surface area contributed by atoms with Gasteiger partial charge in [-0.25, -0.2) is 0 Å². The number of allylic oxidation sites excluding steroid dienone is 1. The third-order valence-electron chi connectivity index (χ3n) is 4.82. The Hall–Kier alpha value is -0.960. The van der Waals surface area contributed by atoms with Crippen molar-refractivity contribution < 1.29 is 25.0 Å². The Morgan fingerprint density at radius 2 is 1.57 bits per heavy atom. The molecule has 3 heteroatoms. The molecule has 0 N–H and O–H groups in total. The molecule has 0 radical (unpaired) electrons. The molecule has 23 heavy (non-hydrogen) atoms. The number of hydrogen-bond donors (Lipinski definition) is 0. The van der Waals surface area contributed by atoms with Crippen molar-refractivity contribution in [3.05, 3.63) is 82.9 Å². The Labute approximate surface area is 152 Å². The Kier molecular flexibility index (Phi) is 4.66. The number of hydrogen-bond acceptors (Lipinski definition) is 1. The van der Waals surface area contributed by atoms with Crippen LogP contribution in [0.5, 0.6) is 0 Å². The molecule has 0 amide bonds. The van der Waals surface area contributed by atoms with Gasteiger partial charge in [-0.1, -0.05) is 0 Å². The van der Waals surface area contributed by atoms with E-state index < -0.39 is 22.2 Å². The van der Waals surface area contributed by atoms with Gasteiger partial charge >= 0.3 is 153 Å². The molecule has 0 aromatic heterocycles. The Bertz CT molecular complexity index is 768. The summed E-state index contributed by atoms with van der Waals surface area (Å²) in [5.41, 5.74) is 5.45. The normalized spacial score (nSPS) is 22.0. The standard InChI is InChI=1S/C20H17O.ClH.Hf/c21-20(19-12-11-15-6-2-4-8-18(15)19)13-16-10-9-14-5-1-3-7-17(14)16;;/h1-12,16,19-20H,13H2;1H;/q-1;;+2/p-1. The summed E-state index contributed by atoms with van der Waals surface area (Å²) in [5, 5.41) is 0. The van der Waals surface area contributed by atoms with Gasteiger partial charge in [0, 0.05) is 0 Å². The number of fused-ring (bicyclic) bond motifs is 2. The molecule has 0 fully saturated rings. The van der Waals surface area contributed by atoms with Gasteiger partial charge in [-0.05, 0) is 0 Å². The van der Waals surface area contributed by atoms with Gasteiger partial charge in [0.15, 0.2) is 0 Å². The summed E-state index contributed by atoms with van der Waals surface area (Å²) in [6.45, 7) is 0. The first kappa shape index (κ1) is 15.6. The summed E-state index contributed by atoms with van der Waals surface area (Å²) in [6, 6.07) is 17.3. The average molecular weight is 487 g/mol. The Morgan fingerprint density at radius 3 is 2.35 bits per heavy atom. The zero-order chi connectivity index (χ0) is 15.6. The Morgan fingerprint density at radius 1 is 0.913 bits per heavy atom. The fraction of sp³-hybridized carbons (Fsp3) is 0.200. The molecule has 0 aliphatic heterocycles. The van der Waals surface area contributed by atoms with Crippen LogP contribution in [0.2, 0.25) is 0 Å². The topological polar surface area (TPSA) is 9.23 Å². The van der Waals surface area contributed by atoms with E-state index in [1.807, 2.05) is 0 Å². The second kappa shape index (κ2) is 6.88. The molecule has 2 aliphatic carbocycles. The summed E-state index contributed by atoms with van der Waals surface area (Å²) in [6.07, 6.45) is 10.2. The molecule has 3 atom stereocenters. The summed E-state index contributed by atoms with van der Waals surface area (Å²) < 4.78 is 6.13. The third-order valence-corrected chi connectivity index (χ3v) is 6.96. The van der Waals surface area contributed by atoms with E-state index in [1.54, 1.807) is 0 Å². The van der Waals surface area contributed by atoms with Crippen LogP contribution in [0.15, 0.2) is 60.7 Å². The van der Waals surface area contributed by atoms with Crippen LogP contribution in [0.25, 0.3) is 12.2 Å². The SMILES string of the molecule is [Cl][Hf][O]C(CC1C=Cc2ccccc21)C1C=Cc2ccccc21. The van der Waals surface area contributed by atoms with Crippen LogP contribution in [0.1, 0.15) is 40.5 Å². The molecule has 1 nitrogen and oxygen atoms in total. The molecule has 0 saturated carbocycles. The van der Waals surface area contributed by atoms with Crippen LogP contribution >= 0.6 is 8.58 Å². The van der Waals surface area contributed by atoms with E-state index in [1.165, 1.54) is 22.3 Å². The zero-order valence-corrected chi connectivity index (χ0v) is 17.0. The van der Waals surface area contributed by atoms with Crippen LogP contribution < -0.4 is 0 Å². The molecule has 114 valence electrons. The third kappa shape index (κ3) is 3.05. The van der Waals surface area contributed by atoms with Crippen LogP contribution in [-0.2, 0) is 25.0 Å². The first-order valence-electron chi connectivity index (χ1n) is 7.92. The van der Waals surface area contributed by atoms with Crippen molar-refractivity contribution in [1.29, 1.82) is 0 Å². The molecule has 0 spiro atoms. The summed E-state index contributed by atoms with van der Waals surface area (Å²) >= 11 is -1.45. The van der Waals surface area contributed by atoms with Crippen molar-refractivity contribution in [1.82, 2.24) is 0 Å². The molecule has 0 heterocycles. The fourth-order valence-corrected chi connectivity index (χ4v) is 5.93. The summed E-state index contributed by atoms with van der Waals surface area (Å²) in [4.78, 5) is 0. The van der Waals surface area contributed by atoms with Crippen LogP contribution in [0.4, 0.5) is 0 Å². The van der Waals surface area contributed by atoms with Gasteiger partial charge < -0.3 is 0 Å². The molecule has 2 aromatic rings. The van der Waals surface area contributed by atoms with Gasteiger partial charge in [0.1, 0.15) is 0 Å². The van der Waals surface area contributed by atoms with Crippen molar-refractivity contribution in [2.45, 2.75) is 24.4 Å². The molecule has 3 unspecified atom stereocenters. The predicted octanol–water partition coefficient (Wildman–Crippen LogP) is 5.53. The van der Waals surface area contributed by atoms with E-state index in [4.69, 9.17) is 11.4 Å². The van der Waals surface area contributed by atoms with Gasteiger partial charge in [0.05, 0.1) is 0 Å². The van der Waals surface area contributed by atoms with Crippen LogP contribution in [0.3, 0.4) is 0 Å². The summed E-state index contributed by atoms with van der Waals surface area (Å²) in [7, 11) is 6.12. The predicted molar refractivity (Wildman–Crippen MR) is 91.8 cm³/mol. The van der Waals surface area contributed by atoms with E-state index in [0.29, 0.717) is 11.8 Å². The minimum atomic E-state index is -1.45. The van der Waals surface area contributed by atoms with E-state index in [9.17, 15) is 0 Å². The van der Waals surface area contributed by atoms with E-state index >= 15 is 0 Å². The van der Waals surface area contributed by atoms with Gasteiger partial charge in [0.2, 0.25) is 0 Å². The first-order chi connectivity index (χ1) is 11.4. The fourth-order valence-electron chi connectivity index (χ4n) is 3.71. The summed E-state index contributed by atoms with van der Waals surface area (Å²) in [5.74, 6) is 0.766. The minimum absolute atomic E-state index is 0.177. The molecule has 2 aliphatic rings. The van der Waals surface area contributed by atoms with Gasteiger partial charge in [-0.2, -0.15) is 0 Å². The van der Waals surface area contributed by atoms with E-state index in [2.05, 4.69) is 72.8 Å². The number of rotatable bonds is 5. The van der Waals surface area contributed by atoms with Crippen LogP contribution in [-0.4, -0.2) is 6.10 Å². The maximum absolute atomic E-state index is 6.13. The Balaban J connectivity index is 1.59. The quantitative estimate of drug-likeness (QED) is 0.504. The maximum atomic E-state index is 6.13. The van der Waals surface area contributed by atoms with E-state index in [-0.39, 0.29) is 6.10 Å². The molecule has 2 aromatic carbocycles.